The first-order chi connectivity index (χ1) is 15.1. The van der Waals surface area contributed by atoms with Crippen molar-refractivity contribution in [3.05, 3.63) is 71.6 Å². The third kappa shape index (κ3) is 5.44. The van der Waals surface area contributed by atoms with Crippen LogP contribution in [0.5, 0.6) is 0 Å². The third-order valence-corrected chi connectivity index (χ3v) is 5.39. The highest BCUT2D eigenvalue weighted by Crippen LogP contribution is 2.21. The van der Waals surface area contributed by atoms with Crippen molar-refractivity contribution in [2.45, 2.75) is 6.42 Å². The highest BCUT2D eigenvalue weighted by atomic mass is 35.5. The van der Waals surface area contributed by atoms with Crippen LogP contribution in [0.4, 0.5) is 5.69 Å². The van der Waals surface area contributed by atoms with E-state index in [-0.39, 0.29) is 24.8 Å². The van der Waals surface area contributed by atoms with E-state index in [0.29, 0.717) is 29.7 Å². The zero-order valence-electron chi connectivity index (χ0n) is 17.0. The monoisotopic (exact) mass is 438 g/mol. The molecule has 0 saturated carbocycles. The predicted octanol–water partition coefficient (Wildman–Crippen LogP) is 3.00. The maximum Gasteiger partial charge on any atom is 0.242 e. The molecule has 0 spiro atoms. The summed E-state index contributed by atoms with van der Waals surface area (Å²) in [4.78, 5) is 33.0. The van der Waals surface area contributed by atoms with E-state index in [2.05, 4.69) is 15.2 Å². The number of hydrogen-bond acceptors (Lipinski definition) is 5. The fraction of sp³-hybridized carbons (Fsp3) is 0.261. The van der Waals surface area contributed by atoms with Crippen molar-refractivity contribution < 1.29 is 14.0 Å². The number of benzene rings is 2. The molecule has 31 heavy (non-hydrogen) atoms. The highest BCUT2D eigenvalue weighted by molar-refractivity contribution is 6.30. The van der Waals surface area contributed by atoms with Crippen LogP contribution >= 0.6 is 11.6 Å². The highest BCUT2D eigenvalue weighted by Gasteiger charge is 2.22. The second-order valence-corrected chi connectivity index (χ2v) is 7.75. The van der Waals surface area contributed by atoms with Gasteiger partial charge in [-0.1, -0.05) is 35.9 Å². The van der Waals surface area contributed by atoms with E-state index in [1.807, 2.05) is 54.6 Å². The quantitative estimate of drug-likeness (QED) is 0.640. The first-order valence-corrected chi connectivity index (χ1v) is 10.5. The molecule has 0 bridgehead atoms. The standard InChI is InChI=1S/C23H23ClN4O3/c24-18-7-4-8-20(13-18)27-9-11-28(12-10-27)22(30)15-25-21(29)14-19-16-31-23(26-19)17-5-2-1-3-6-17/h1-8,13,16H,9-12,14-15H2,(H,25,29). The van der Waals surface area contributed by atoms with Gasteiger partial charge in [-0.25, -0.2) is 4.98 Å². The van der Waals surface area contributed by atoms with E-state index < -0.39 is 0 Å². The SMILES string of the molecule is O=C(Cc1coc(-c2ccccc2)n1)NCC(=O)N1CCN(c2cccc(Cl)c2)CC1. The second kappa shape index (κ2) is 9.66. The van der Waals surface area contributed by atoms with Crippen molar-refractivity contribution in [2.24, 2.45) is 0 Å². The number of carbonyl (C=O) groups is 2. The molecule has 2 heterocycles. The van der Waals surface area contributed by atoms with Gasteiger partial charge >= 0.3 is 0 Å². The molecule has 160 valence electrons. The molecule has 1 aliphatic rings. The Bertz CT molecular complexity index is 1050. The molecule has 1 fully saturated rings. The van der Waals surface area contributed by atoms with E-state index >= 15 is 0 Å². The lowest BCUT2D eigenvalue weighted by molar-refractivity contribution is -0.133. The van der Waals surface area contributed by atoms with E-state index in [1.54, 1.807) is 4.90 Å². The number of carbonyl (C=O) groups excluding carboxylic acids is 2. The average molecular weight is 439 g/mol. The Hall–Kier alpha value is -3.32. The Morgan fingerprint density at radius 3 is 2.55 bits per heavy atom. The molecule has 0 atom stereocenters. The van der Waals surface area contributed by atoms with Crippen molar-refractivity contribution in [1.82, 2.24) is 15.2 Å². The molecule has 1 aromatic heterocycles. The first kappa shape index (κ1) is 20.9. The van der Waals surface area contributed by atoms with Crippen LogP contribution in [0, 0.1) is 0 Å². The van der Waals surface area contributed by atoms with Crippen LogP contribution in [-0.2, 0) is 16.0 Å². The van der Waals surface area contributed by atoms with Crippen LogP contribution in [0.1, 0.15) is 5.69 Å². The Balaban J connectivity index is 1.22. The number of rotatable bonds is 6. The van der Waals surface area contributed by atoms with Gasteiger partial charge in [-0.2, -0.15) is 0 Å². The Morgan fingerprint density at radius 2 is 1.81 bits per heavy atom. The van der Waals surface area contributed by atoms with Gasteiger partial charge < -0.3 is 19.5 Å². The summed E-state index contributed by atoms with van der Waals surface area (Å²) in [7, 11) is 0. The number of piperazine rings is 1. The topological polar surface area (TPSA) is 78.7 Å². The predicted molar refractivity (Wildman–Crippen MR) is 119 cm³/mol. The summed E-state index contributed by atoms with van der Waals surface area (Å²) in [5.74, 6) is 0.111. The number of halogens is 1. The molecule has 0 unspecified atom stereocenters. The van der Waals surface area contributed by atoms with Gasteiger partial charge in [0.25, 0.3) is 0 Å². The molecule has 7 nitrogen and oxygen atoms in total. The third-order valence-electron chi connectivity index (χ3n) is 5.16. The van der Waals surface area contributed by atoms with Gasteiger partial charge in [0.15, 0.2) is 0 Å². The van der Waals surface area contributed by atoms with Gasteiger partial charge in [0.05, 0.1) is 18.7 Å². The van der Waals surface area contributed by atoms with Crippen molar-refractivity contribution in [3.8, 4) is 11.5 Å². The molecule has 1 saturated heterocycles. The van der Waals surface area contributed by atoms with Gasteiger partial charge in [-0.05, 0) is 30.3 Å². The number of nitrogens with one attached hydrogen (secondary N) is 1. The molecule has 8 heteroatoms. The van der Waals surface area contributed by atoms with Crippen molar-refractivity contribution >= 4 is 29.1 Å². The fourth-order valence-electron chi connectivity index (χ4n) is 3.50. The van der Waals surface area contributed by atoms with Crippen molar-refractivity contribution in [1.29, 1.82) is 0 Å². The van der Waals surface area contributed by atoms with Gasteiger partial charge in [0.1, 0.15) is 6.26 Å². The van der Waals surface area contributed by atoms with Crippen LogP contribution in [0.3, 0.4) is 0 Å². The van der Waals surface area contributed by atoms with E-state index in [1.165, 1.54) is 6.26 Å². The van der Waals surface area contributed by atoms with Gasteiger partial charge in [0.2, 0.25) is 17.7 Å². The Labute approximate surface area is 185 Å². The lowest BCUT2D eigenvalue weighted by Crippen LogP contribution is -2.51. The minimum absolute atomic E-state index is 0.0284. The average Bonchev–Trinajstić information content (AvgIpc) is 3.26. The smallest absolute Gasteiger partial charge is 0.242 e. The number of anilines is 1. The van der Waals surface area contributed by atoms with Gasteiger partial charge in [0, 0.05) is 42.5 Å². The van der Waals surface area contributed by atoms with Crippen molar-refractivity contribution in [3.63, 3.8) is 0 Å². The van der Waals surface area contributed by atoms with Crippen LogP contribution in [0.25, 0.3) is 11.5 Å². The number of amides is 2. The number of hydrogen-bond donors (Lipinski definition) is 1. The molecule has 4 rings (SSSR count). The summed E-state index contributed by atoms with van der Waals surface area (Å²) in [6.45, 7) is 2.62. The molecule has 0 aliphatic carbocycles. The Kier molecular flexibility index (Phi) is 6.52. The molecule has 2 amide bonds. The van der Waals surface area contributed by atoms with Crippen molar-refractivity contribution in [2.75, 3.05) is 37.6 Å². The summed E-state index contributed by atoms with van der Waals surface area (Å²) in [6, 6.07) is 17.2. The molecule has 1 aliphatic heterocycles. The largest absolute Gasteiger partial charge is 0.444 e. The molecule has 3 aromatic rings. The van der Waals surface area contributed by atoms with E-state index in [9.17, 15) is 9.59 Å². The maximum atomic E-state index is 12.5. The summed E-state index contributed by atoms with van der Waals surface area (Å²) in [6.07, 6.45) is 1.53. The molecular weight excluding hydrogens is 416 g/mol. The fourth-order valence-corrected chi connectivity index (χ4v) is 3.69. The van der Waals surface area contributed by atoms with E-state index in [0.717, 1.165) is 24.3 Å². The van der Waals surface area contributed by atoms with Crippen LogP contribution in [-0.4, -0.2) is 54.4 Å². The Morgan fingerprint density at radius 1 is 1.03 bits per heavy atom. The zero-order chi connectivity index (χ0) is 21.6. The normalized spacial score (nSPS) is 13.8. The van der Waals surface area contributed by atoms with Crippen LogP contribution in [0.15, 0.2) is 65.3 Å². The molecule has 2 aromatic carbocycles. The van der Waals surface area contributed by atoms with Crippen LogP contribution in [0.2, 0.25) is 5.02 Å². The molecule has 1 N–H and O–H groups in total. The van der Waals surface area contributed by atoms with Gasteiger partial charge in [-0.15, -0.1) is 0 Å². The van der Waals surface area contributed by atoms with Crippen LogP contribution < -0.4 is 10.2 Å². The number of nitrogens with zero attached hydrogens (tertiary/aromatic N) is 3. The summed E-state index contributed by atoms with van der Waals surface area (Å²) >= 11 is 6.06. The molecule has 0 radical (unpaired) electrons. The maximum absolute atomic E-state index is 12.5. The number of oxazole rings is 1. The summed E-state index contributed by atoms with van der Waals surface area (Å²) in [5, 5.41) is 3.38. The lowest BCUT2D eigenvalue weighted by Gasteiger charge is -2.36. The zero-order valence-corrected chi connectivity index (χ0v) is 17.7. The number of aromatic nitrogens is 1. The van der Waals surface area contributed by atoms with Gasteiger partial charge in [-0.3, -0.25) is 9.59 Å². The molecular formula is C23H23ClN4O3. The summed E-state index contributed by atoms with van der Waals surface area (Å²) in [5.41, 5.74) is 2.43. The first-order valence-electron chi connectivity index (χ1n) is 10.1. The lowest BCUT2D eigenvalue weighted by atomic mass is 10.2. The minimum atomic E-state index is -0.265. The van der Waals surface area contributed by atoms with E-state index in [4.69, 9.17) is 16.0 Å². The second-order valence-electron chi connectivity index (χ2n) is 7.31. The minimum Gasteiger partial charge on any atom is -0.444 e. The summed E-state index contributed by atoms with van der Waals surface area (Å²) < 4.78 is 5.45.